The average molecular weight is 439 g/mol. The van der Waals surface area contributed by atoms with Crippen LogP contribution in [0.3, 0.4) is 0 Å². The number of rotatable bonds is 2. The van der Waals surface area contributed by atoms with E-state index in [-0.39, 0.29) is 42.4 Å². The number of nitrogens with zero attached hydrogens (tertiary/aromatic N) is 1. The van der Waals surface area contributed by atoms with Gasteiger partial charge in [-0.05, 0) is 62.6 Å². The van der Waals surface area contributed by atoms with Crippen LogP contribution < -0.4 is 9.46 Å². The molecule has 1 amide bonds. The first-order chi connectivity index (χ1) is 14.3. The van der Waals surface area contributed by atoms with Gasteiger partial charge >= 0.3 is 0 Å². The van der Waals surface area contributed by atoms with Gasteiger partial charge in [-0.1, -0.05) is 0 Å². The van der Waals surface area contributed by atoms with E-state index in [1.54, 1.807) is 23.1 Å². The number of benzene rings is 1. The number of hydrogen-bond donors (Lipinski definition) is 2. The number of carbonyl (C=O) groups is 1. The van der Waals surface area contributed by atoms with Gasteiger partial charge in [0.15, 0.2) is 6.61 Å². The van der Waals surface area contributed by atoms with Gasteiger partial charge in [0, 0.05) is 18.2 Å². The molecule has 3 aliphatic heterocycles. The van der Waals surface area contributed by atoms with Gasteiger partial charge in [-0.3, -0.25) is 4.79 Å². The van der Waals surface area contributed by atoms with Crippen molar-refractivity contribution >= 4 is 15.9 Å². The summed E-state index contributed by atoms with van der Waals surface area (Å²) in [7, 11) is -3.40. The second-order valence-corrected chi connectivity index (χ2v) is 10.4. The van der Waals surface area contributed by atoms with E-state index in [1.165, 1.54) is 0 Å². The molecule has 4 aliphatic rings. The highest BCUT2D eigenvalue weighted by Gasteiger charge is 2.37. The fourth-order valence-corrected chi connectivity index (χ4v) is 5.79. The lowest BCUT2D eigenvalue weighted by Crippen LogP contribution is -2.59. The molecule has 2 N–H and O–H groups in total. The quantitative estimate of drug-likeness (QED) is 0.729. The molecule has 0 aromatic heterocycles. The molecule has 1 aromatic rings. The fourth-order valence-electron chi connectivity index (χ4n) is 4.97. The molecular weight excluding hydrogens is 408 g/mol. The third kappa shape index (κ3) is 4.90. The number of amides is 1. The third-order valence-electron chi connectivity index (χ3n) is 6.43. The lowest BCUT2D eigenvalue weighted by Gasteiger charge is -2.41. The number of phenolic OH excluding ortho intramolecular Hbond substituents is 1. The van der Waals surface area contributed by atoms with E-state index < -0.39 is 10.0 Å². The number of nitrogens with one attached hydrogen (secondary N) is 1. The van der Waals surface area contributed by atoms with Crippen molar-refractivity contribution in [1.29, 1.82) is 0 Å². The van der Waals surface area contributed by atoms with Crippen LogP contribution in [-0.2, 0) is 19.6 Å². The average Bonchev–Trinajstić information content (AvgIpc) is 2.71. The van der Waals surface area contributed by atoms with Crippen LogP contribution in [-0.4, -0.2) is 68.5 Å². The van der Waals surface area contributed by atoms with Gasteiger partial charge in [0.25, 0.3) is 5.91 Å². The SMILES string of the molecule is CS(=O)(=O)N[C@H]1CCCN2C(=O)COc3ccc(O)cc3[C@H]3CC[C@H](CC3)OC[C@@H]12. The standard InChI is InChI=1S/C21H30N2O6S/c1-30(26,27)22-18-3-2-10-23-19(18)12-28-16-7-4-14(5-8-16)17-11-15(24)6-9-20(17)29-13-21(23)25/h6,9,11,14,16,18-19,22,24H,2-5,7-8,10,12-13H2,1H3/t14-,16+,18-,19-/m0/s1. The van der Waals surface area contributed by atoms with E-state index in [0.29, 0.717) is 31.7 Å². The Balaban J connectivity index is 1.62. The molecule has 1 aliphatic carbocycles. The summed E-state index contributed by atoms with van der Waals surface area (Å²) >= 11 is 0. The molecule has 30 heavy (non-hydrogen) atoms. The number of phenols is 1. The molecular formula is C21H30N2O6S. The predicted octanol–water partition coefficient (Wildman–Crippen LogP) is 1.74. The molecule has 2 bridgehead atoms. The number of fused-ring (bicyclic) bond motifs is 5. The summed E-state index contributed by atoms with van der Waals surface area (Å²) in [6.45, 7) is 0.728. The summed E-state index contributed by atoms with van der Waals surface area (Å²) in [5.74, 6) is 0.889. The monoisotopic (exact) mass is 438 g/mol. The second-order valence-electron chi connectivity index (χ2n) is 8.61. The van der Waals surface area contributed by atoms with Crippen molar-refractivity contribution in [2.75, 3.05) is 26.0 Å². The normalized spacial score (nSPS) is 30.3. The van der Waals surface area contributed by atoms with Crippen LogP contribution in [0, 0.1) is 0 Å². The van der Waals surface area contributed by atoms with E-state index in [1.807, 2.05) is 0 Å². The Morgan fingerprint density at radius 1 is 1.17 bits per heavy atom. The zero-order valence-corrected chi connectivity index (χ0v) is 18.1. The summed E-state index contributed by atoms with van der Waals surface area (Å²) in [4.78, 5) is 14.7. The Kier molecular flexibility index (Phi) is 6.22. The predicted molar refractivity (Wildman–Crippen MR) is 111 cm³/mol. The molecule has 0 spiro atoms. The minimum absolute atomic E-state index is 0.0847. The third-order valence-corrected chi connectivity index (χ3v) is 7.16. The van der Waals surface area contributed by atoms with Crippen LogP contribution in [0.15, 0.2) is 18.2 Å². The maximum Gasteiger partial charge on any atom is 0.260 e. The van der Waals surface area contributed by atoms with Gasteiger partial charge in [0.05, 0.1) is 25.0 Å². The first-order valence-electron chi connectivity index (χ1n) is 10.6. The van der Waals surface area contributed by atoms with Gasteiger partial charge in [0.2, 0.25) is 10.0 Å². The van der Waals surface area contributed by atoms with Crippen LogP contribution in [0.25, 0.3) is 0 Å². The smallest absolute Gasteiger partial charge is 0.260 e. The molecule has 1 saturated carbocycles. The molecule has 0 radical (unpaired) electrons. The number of hydrogen-bond acceptors (Lipinski definition) is 6. The second kappa shape index (κ2) is 8.72. The van der Waals surface area contributed by atoms with Crippen LogP contribution >= 0.6 is 0 Å². The van der Waals surface area contributed by atoms with Crippen LogP contribution in [0.4, 0.5) is 0 Å². The summed E-state index contributed by atoms with van der Waals surface area (Å²) in [6, 6.07) is 4.31. The van der Waals surface area contributed by atoms with Crippen molar-refractivity contribution in [3.05, 3.63) is 23.8 Å². The number of ether oxygens (including phenoxy) is 2. The fraction of sp³-hybridized carbons (Fsp3) is 0.667. The van der Waals surface area contributed by atoms with Gasteiger partial charge in [-0.25, -0.2) is 13.1 Å². The number of aromatic hydroxyl groups is 1. The Morgan fingerprint density at radius 2 is 1.93 bits per heavy atom. The summed E-state index contributed by atoms with van der Waals surface area (Å²) < 4.78 is 38.6. The molecule has 1 saturated heterocycles. The lowest BCUT2D eigenvalue weighted by molar-refractivity contribution is -0.140. The molecule has 5 rings (SSSR count). The lowest BCUT2D eigenvalue weighted by atomic mass is 9.82. The molecule has 8 nitrogen and oxygen atoms in total. The molecule has 2 atom stereocenters. The Morgan fingerprint density at radius 3 is 2.67 bits per heavy atom. The van der Waals surface area contributed by atoms with Crippen LogP contribution in [0.5, 0.6) is 11.5 Å². The number of carbonyl (C=O) groups excluding carboxylic acids is 1. The number of sulfonamides is 1. The summed E-state index contributed by atoms with van der Waals surface area (Å²) in [5.41, 5.74) is 0.937. The Bertz CT molecular complexity index is 881. The topological polar surface area (TPSA) is 105 Å². The van der Waals surface area contributed by atoms with Crippen LogP contribution in [0.1, 0.15) is 50.0 Å². The highest BCUT2D eigenvalue weighted by atomic mass is 32.2. The highest BCUT2D eigenvalue weighted by Crippen LogP contribution is 2.40. The van der Waals surface area contributed by atoms with Crippen molar-refractivity contribution in [3.63, 3.8) is 0 Å². The molecule has 2 fully saturated rings. The van der Waals surface area contributed by atoms with E-state index in [0.717, 1.165) is 37.5 Å². The van der Waals surface area contributed by atoms with Crippen molar-refractivity contribution in [2.45, 2.75) is 62.6 Å². The van der Waals surface area contributed by atoms with Crippen molar-refractivity contribution in [1.82, 2.24) is 9.62 Å². The first-order valence-corrected chi connectivity index (χ1v) is 12.5. The van der Waals surface area contributed by atoms with Gasteiger partial charge in [0.1, 0.15) is 11.5 Å². The first kappa shape index (κ1) is 21.4. The Hall–Kier alpha value is -1.84. The van der Waals surface area contributed by atoms with E-state index in [9.17, 15) is 18.3 Å². The van der Waals surface area contributed by atoms with Crippen molar-refractivity contribution < 1.29 is 27.8 Å². The van der Waals surface area contributed by atoms with Crippen molar-refractivity contribution in [3.8, 4) is 11.5 Å². The molecule has 9 heteroatoms. The van der Waals surface area contributed by atoms with Gasteiger partial charge in [-0.15, -0.1) is 0 Å². The molecule has 0 unspecified atom stereocenters. The Labute approximate surface area is 177 Å². The molecule has 3 heterocycles. The number of piperidine rings is 1. The summed E-state index contributed by atoms with van der Waals surface area (Å²) in [5, 5.41) is 9.96. The van der Waals surface area contributed by atoms with Crippen LogP contribution in [0.2, 0.25) is 0 Å². The van der Waals surface area contributed by atoms with Crippen molar-refractivity contribution in [2.24, 2.45) is 0 Å². The van der Waals surface area contributed by atoms with Gasteiger partial charge < -0.3 is 19.5 Å². The maximum atomic E-state index is 13.0. The van der Waals surface area contributed by atoms with Gasteiger partial charge in [-0.2, -0.15) is 0 Å². The maximum absolute atomic E-state index is 13.0. The highest BCUT2D eigenvalue weighted by molar-refractivity contribution is 7.88. The minimum Gasteiger partial charge on any atom is -0.508 e. The zero-order chi connectivity index (χ0) is 21.3. The zero-order valence-electron chi connectivity index (χ0n) is 17.2. The molecule has 166 valence electrons. The summed E-state index contributed by atoms with van der Waals surface area (Å²) in [6.07, 6.45) is 6.20. The molecule has 1 aromatic carbocycles. The van der Waals surface area contributed by atoms with E-state index in [4.69, 9.17) is 9.47 Å². The van der Waals surface area contributed by atoms with E-state index in [2.05, 4.69) is 4.72 Å². The largest absolute Gasteiger partial charge is 0.508 e. The van der Waals surface area contributed by atoms with E-state index >= 15 is 0 Å². The minimum atomic E-state index is -3.40.